The largest absolute Gasteiger partial charge is 0.507 e. The van der Waals surface area contributed by atoms with Gasteiger partial charge in [0, 0.05) is 5.56 Å². The Hall–Kier alpha value is -4.20. The normalized spacial score (nSPS) is 17.4. The lowest BCUT2D eigenvalue weighted by Gasteiger charge is -2.25. The number of phenols is 1. The summed E-state index contributed by atoms with van der Waals surface area (Å²) in [4.78, 5) is 27.4. The number of furan rings is 1. The highest BCUT2D eigenvalue weighted by Crippen LogP contribution is 2.42. The molecule has 2 N–H and O–H groups in total. The van der Waals surface area contributed by atoms with Crippen molar-refractivity contribution in [2.24, 2.45) is 0 Å². The Bertz CT molecular complexity index is 1230. The molecule has 1 unspecified atom stereocenters. The fraction of sp³-hybridized carbons (Fsp3) is 0.231. The number of aliphatic hydroxyl groups is 1. The number of aliphatic hydroxyl groups excluding tert-OH is 1. The van der Waals surface area contributed by atoms with Crippen LogP contribution >= 0.6 is 0 Å². The van der Waals surface area contributed by atoms with Crippen molar-refractivity contribution in [3.8, 4) is 17.2 Å². The van der Waals surface area contributed by atoms with Crippen LogP contribution in [0.4, 0.5) is 0 Å². The van der Waals surface area contributed by atoms with E-state index < -0.39 is 17.7 Å². The van der Waals surface area contributed by atoms with E-state index in [4.69, 9.17) is 13.9 Å². The predicted octanol–water partition coefficient (Wildman–Crippen LogP) is 4.40. The fourth-order valence-electron chi connectivity index (χ4n) is 3.96. The smallest absolute Gasteiger partial charge is 0.296 e. The molecule has 0 aliphatic carbocycles. The van der Waals surface area contributed by atoms with E-state index in [1.165, 1.54) is 30.4 Å². The highest BCUT2D eigenvalue weighted by molar-refractivity contribution is 6.46. The molecule has 0 saturated carbocycles. The van der Waals surface area contributed by atoms with Gasteiger partial charge in [-0.3, -0.25) is 9.59 Å². The van der Waals surface area contributed by atoms with Crippen LogP contribution < -0.4 is 9.47 Å². The van der Waals surface area contributed by atoms with E-state index in [-0.39, 0.29) is 35.5 Å². The lowest BCUT2D eigenvalue weighted by Crippen LogP contribution is -2.29. The maximum atomic E-state index is 13.1. The van der Waals surface area contributed by atoms with Gasteiger partial charge in [-0.2, -0.15) is 0 Å². The minimum atomic E-state index is -0.950. The Morgan fingerprint density at radius 1 is 1.12 bits per heavy atom. The molecule has 34 heavy (non-hydrogen) atoms. The van der Waals surface area contributed by atoms with Crippen LogP contribution in [0, 0.1) is 0 Å². The van der Waals surface area contributed by atoms with E-state index >= 15 is 0 Å². The van der Waals surface area contributed by atoms with Crippen molar-refractivity contribution >= 4 is 17.4 Å². The molecule has 1 fully saturated rings. The number of hydrogen-bond donors (Lipinski definition) is 2. The van der Waals surface area contributed by atoms with Crippen molar-refractivity contribution in [3.63, 3.8) is 0 Å². The molecule has 8 heteroatoms. The molecule has 8 nitrogen and oxygen atoms in total. The minimum absolute atomic E-state index is 0.00692. The zero-order chi connectivity index (χ0) is 24.4. The van der Waals surface area contributed by atoms with Gasteiger partial charge in [-0.25, -0.2) is 0 Å². The molecular weight excluding hydrogens is 438 g/mol. The van der Waals surface area contributed by atoms with Gasteiger partial charge in [-0.1, -0.05) is 6.07 Å². The quantitative estimate of drug-likeness (QED) is 0.304. The molecule has 0 radical (unpaired) electrons. The molecule has 3 aromatic rings. The number of hydrogen-bond acceptors (Lipinski definition) is 7. The van der Waals surface area contributed by atoms with Crippen molar-refractivity contribution in [1.82, 2.24) is 4.90 Å². The Morgan fingerprint density at radius 3 is 2.44 bits per heavy atom. The van der Waals surface area contributed by atoms with E-state index in [0.717, 1.165) is 0 Å². The first-order valence-electron chi connectivity index (χ1n) is 10.7. The third kappa shape index (κ3) is 4.34. The number of phenolic OH excluding ortho intramolecular Hbond substituents is 1. The number of Topliss-reactive ketones (excluding diaryl/α,β-unsaturated/α-hetero) is 1. The van der Waals surface area contributed by atoms with Gasteiger partial charge >= 0.3 is 0 Å². The minimum Gasteiger partial charge on any atom is -0.507 e. The van der Waals surface area contributed by atoms with Gasteiger partial charge in [0.1, 0.15) is 17.3 Å². The van der Waals surface area contributed by atoms with Crippen molar-refractivity contribution in [2.45, 2.75) is 32.5 Å². The van der Waals surface area contributed by atoms with E-state index in [1.807, 2.05) is 13.8 Å². The second-order valence-corrected chi connectivity index (χ2v) is 8.13. The Balaban J connectivity index is 1.82. The maximum Gasteiger partial charge on any atom is 0.296 e. The number of carbonyl (C=O) groups is 2. The third-order valence-electron chi connectivity index (χ3n) is 5.46. The summed E-state index contributed by atoms with van der Waals surface area (Å²) in [5, 5.41) is 21.5. The number of amides is 1. The van der Waals surface area contributed by atoms with Gasteiger partial charge in [0.2, 0.25) is 0 Å². The van der Waals surface area contributed by atoms with Crippen molar-refractivity contribution in [3.05, 3.63) is 83.3 Å². The fourth-order valence-corrected chi connectivity index (χ4v) is 3.96. The molecule has 1 atom stereocenters. The maximum absolute atomic E-state index is 13.1. The highest BCUT2D eigenvalue weighted by Gasteiger charge is 2.46. The standard InChI is InChI=1S/C26H25NO7/c1-15(2)34-18-9-6-16(7-10-18)24(29)22-23(17-8-11-21(32-3)20(28)13-17)27(26(31)25(22)30)14-19-5-4-12-33-19/h4-13,15,23,28-29H,14H2,1-3H3/b24-22-. The van der Waals surface area contributed by atoms with Crippen LogP contribution in [0.5, 0.6) is 17.2 Å². The van der Waals surface area contributed by atoms with Crippen molar-refractivity contribution in [2.75, 3.05) is 7.11 Å². The summed E-state index contributed by atoms with van der Waals surface area (Å²) < 4.78 is 16.1. The van der Waals surface area contributed by atoms with Crippen molar-refractivity contribution in [1.29, 1.82) is 0 Å². The molecule has 0 spiro atoms. The van der Waals surface area contributed by atoms with Gasteiger partial charge in [0.15, 0.2) is 11.5 Å². The number of ether oxygens (including phenoxy) is 2. The Morgan fingerprint density at radius 2 is 1.85 bits per heavy atom. The summed E-state index contributed by atoms with van der Waals surface area (Å²) in [5.74, 6) is -0.755. The first kappa shape index (κ1) is 23.0. The summed E-state index contributed by atoms with van der Waals surface area (Å²) in [6.07, 6.45) is 1.45. The predicted molar refractivity (Wildman–Crippen MR) is 123 cm³/mol. The average Bonchev–Trinajstić information content (AvgIpc) is 3.41. The molecule has 2 heterocycles. The summed E-state index contributed by atoms with van der Waals surface area (Å²) in [5.41, 5.74) is 0.707. The van der Waals surface area contributed by atoms with Crippen LogP contribution in [0.1, 0.15) is 36.8 Å². The second-order valence-electron chi connectivity index (χ2n) is 8.13. The molecule has 1 aliphatic heterocycles. The molecular formula is C26H25NO7. The number of benzene rings is 2. The lowest BCUT2D eigenvalue weighted by atomic mass is 9.95. The van der Waals surface area contributed by atoms with Crippen molar-refractivity contribution < 1.29 is 33.7 Å². The molecule has 1 aromatic heterocycles. The molecule has 1 amide bonds. The molecule has 4 rings (SSSR count). The van der Waals surface area contributed by atoms with Gasteiger partial charge in [0.25, 0.3) is 11.7 Å². The molecule has 1 saturated heterocycles. The molecule has 1 aliphatic rings. The van der Waals surface area contributed by atoms with Gasteiger partial charge < -0.3 is 29.0 Å². The number of aromatic hydroxyl groups is 1. The van der Waals surface area contributed by atoms with E-state index in [0.29, 0.717) is 22.6 Å². The summed E-state index contributed by atoms with van der Waals surface area (Å²) in [7, 11) is 1.42. The first-order valence-corrected chi connectivity index (χ1v) is 10.7. The van der Waals surface area contributed by atoms with Crippen LogP contribution in [-0.2, 0) is 16.1 Å². The monoisotopic (exact) mass is 463 g/mol. The first-order chi connectivity index (χ1) is 16.3. The Labute approximate surface area is 196 Å². The topological polar surface area (TPSA) is 109 Å². The van der Waals surface area contributed by atoms with Crippen LogP contribution in [0.15, 0.2) is 70.9 Å². The van der Waals surface area contributed by atoms with Crippen LogP contribution in [0.25, 0.3) is 5.76 Å². The van der Waals surface area contributed by atoms with E-state index in [1.54, 1.807) is 42.5 Å². The molecule has 176 valence electrons. The zero-order valence-corrected chi connectivity index (χ0v) is 19.0. The van der Waals surface area contributed by atoms with E-state index in [9.17, 15) is 19.8 Å². The summed E-state index contributed by atoms with van der Waals surface area (Å²) >= 11 is 0. The number of ketones is 1. The second kappa shape index (κ2) is 9.35. The van der Waals surface area contributed by atoms with Gasteiger partial charge in [-0.05, 0) is 67.9 Å². The number of rotatable bonds is 7. The SMILES string of the molecule is COc1ccc(C2/C(=C(/O)c3ccc(OC(C)C)cc3)C(=O)C(=O)N2Cc2ccco2)cc1O. The molecule has 2 aromatic carbocycles. The summed E-state index contributed by atoms with van der Waals surface area (Å²) in [6, 6.07) is 13.6. The Kier molecular flexibility index (Phi) is 6.32. The number of nitrogens with zero attached hydrogens (tertiary/aromatic N) is 1. The van der Waals surface area contributed by atoms with Crippen LogP contribution in [0.3, 0.4) is 0 Å². The zero-order valence-electron chi connectivity index (χ0n) is 19.0. The highest BCUT2D eigenvalue weighted by atomic mass is 16.5. The summed E-state index contributed by atoms with van der Waals surface area (Å²) in [6.45, 7) is 3.81. The van der Waals surface area contributed by atoms with Crippen LogP contribution in [0.2, 0.25) is 0 Å². The molecule has 0 bridgehead atoms. The average molecular weight is 463 g/mol. The number of methoxy groups -OCH3 is 1. The van der Waals surface area contributed by atoms with Gasteiger partial charge in [0.05, 0.1) is 37.6 Å². The number of carbonyl (C=O) groups excluding carboxylic acids is 2. The number of likely N-dealkylation sites (tertiary alicyclic amines) is 1. The lowest BCUT2D eigenvalue weighted by molar-refractivity contribution is -0.140. The van der Waals surface area contributed by atoms with Gasteiger partial charge in [-0.15, -0.1) is 0 Å². The third-order valence-corrected chi connectivity index (χ3v) is 5.46. The van der Waals surface area contributed by atoms with Crippen LogP contribution in [-0.4, -0.2) is 40.0 Å². The van der Waals surface area contributed by atoms with E-state index in [2.05, 4.69) is 0 Å².